The highest BCUT2D eigenvalue weighted by Gasteiger charge is 2.05. The first-order valence-electron chi connectivity index (χ1n) is 30.1. The number of hydrogen-bond donors (Lipinski definition) is 0. The smallest absolute Gasteiger partial charge is 0.0287 e. The molecule has 0 fully saturated rings. The summed E-state index contributed by atoms with van der Waals surface area (Å²) in [5, 5.41) is 0. The van der Waals surface area contributed by atoms with Gasteiger partial charge in [0.25, 0.3) is 0 Å². The largest absolute Gasteiger partial charge is 0.125 e. The van der Waals surface area contributed by atoms with Crippen molar-refractivity contribution in [2.45, 2.75) is 358 Å². The van der Waals surface area contributed by atoms with Crippen LogP contribution in [0.15, 0.2) is 28.0 Å². The van der Waals surface area contributed by atoms with E-state index in [1.807, 2.05) is 0 Å². The lowest BCUT2D eigenvalue weighted by Crippen LogP contribution is -1.87. The molecular weight excluding hydrogens is 809 g/mol. The van der Waals surface area contributed by atoms with Crippen molar-refractivity contribution in [2.24, 2.45) is 0 Å². The molecule has 0 aliphatic rings. The van der Waals surface area contributed by atoms with Gasteiger partial charge in [0.05, 0.1) is 0 Å². The average molecular weight is 927 g/mol. The van der Waals surface area contributed by atoms with E-state index in [0.29, 0.717) is 0 Å². The summed E-state index contributed by atoms with van der Waals surface area (Å²) in [7, 11) is 0. The summed E-state index contributed by atoms with van der Waals surface area (Å²) >= 11 is 4.14. The predicted molar refractivity (Wildman–Crippen MR) is 298 cm³/mol. The van der Waals surface area contributed by atoms with Crippen molar-refractivity contribution in [2.75, 3.05) is 11.5 Å². The third kappa shape index (κ3) is 48.4. The third-order valence-corrected chi connectivity index (χ3v) is 16.7. The number of rotatable bonds is 56. The van der Waals surface area contributed by atoms with Crippen LogP contribution in [0.25, 0.3) is 0 Å². The van der Waals surface area contributed by atoms with Gasteiger partial charge in [-0.3, -0.25) is 0 Å². The van der Waals surface area contributed by atoms with E-state index in [9.17, 15) is 0 Å². The molecule has 0 nitrogen and oxygen atoms in total. The zero-order valence-corrected chi connectivity index (χ0v) is 45.9. The molecule has 0 N–H and O–H groups in total. The molecule has 0 atom stereocenters. The molecular formula is C62H117S2. The summed E-state index contributed by atoms with van der Waals surface area (Å²) < 4.78 is 0. The lowest BCUT2D eigenvalue weighted by molar-refractivity contribution is 0.516. The first-order valence-corrected chi connectivity index (χ1v) is 32.1. The molecule has 0 aromatic heterocycles. The van der Waals surface area contributed by atoms with Gasteiger partial charge in [0, 0.05) is 9.79 Å². The number of benzene rings is 1. The molecule has 377 valence electrons. The zero-order chi connectivity index (χ0) is 45.6. The highest BCUT2D eigenvalue weighted by molar-refractivity contribution is 8.02. The van der Waals surface area contributed by atoms with Crippen LogP contribution in [0.1, 0.15) is 348 Å². The second-order valence-corrected chi connectivity index (χ2v) is 23.0. The number of thioether (sulfide) groups is 2. The quantitative estimate of drug-likeness (QED) is 0.0472. The summed E-state index contributed by atoms with van der Waals surface area (Å²) in [5.41, 5.74) is 0. The molecule has 1 aromatic carbocycles. The molecule has 0 unspecified atom stereocenters. The third-order valence-electron chi connectivity index (χ3n) is 14.3. The van der Waals surface area contributed by atoms with Gasteiger partial charge in [-0.05, 0) is 36.5 Å². The SMILES string of the molecule is CCCCCCCCCCCCCCCCCCCCCCCCCCCCSc1[c]cccc1SCCCCCCCCCCCCCCCCCCCCCCCCCCCC. The Balaban J connectivity index is 1.77. The van der Waals surface area contributed by atoms with E-state index >= 15 is 0 Å². The molecule has 0 saturated heterocycles. The Labute approximate surface area is 414 Å². The molecule has 0 spiro atoms. The van der Waals surface area contributed by atoms with Crippen LogP contribution in [0, 0.1) is 6.07 Å². The van der Waals surface area contributed by atoms with Crippen LogP contribution >= 0.6 is 23.5 Å². The van der Waals surface area contributed by atoms with Gasteiger partial charge in [-0.2, -0.15) is 0 Å². The van der Waals surface area contributed by atoms with E-state index in [0.717, 1.165) is 0 Å². The fraction of sp³-hybridized carbons (Fsp3) is 0.903. The van der Waals surface area contributed by atoms with Gasteiger partial charge < -0.3 is 0 Å². The minimum atomic E-state index is 1.26. The van der Waals surface area contributed by atoms with Gasteiger partial charge in [-0.25, -0.2) is 0 Å². The Hall–Kier alpha value is -0.0800. The maximum atomic E-state index is 3.57. The first-order chi connectivity index (χ1) is 31.9. The molecule has 1 rings (SSSR count). The van der Waals surface area contributed by atoms with Crippen LogP contribution in [0.4, 0.5) is 0 Å². The lowest BCUT2D eigenvalue weighted by Gasteiger charge is -2.09. The van der Waals surface area contributed by atoms with Crippen LogP contribution in [0.3, 0.4) is 0 Å². The van der Waals surface area contributed by atoms with E-state index in [2.05, 4.69) is 61.6 Å². The highest BCUT2D eigenvalue weighted by atomic mass is 32.2. The molecule has 1 radical (unpaired) electrons. The summed E-state index contributed by atoms with van der Waals surface area (Å²) in [5.74, 6) is 2.53. The Bertz CT molecular complexity index is 896. The van der Waals surface area contributed by atoms with Crippen molar-refractivity contribution in [1.29, 1.82) is 0 Å². The summed E-state index contributed by atoms with van der Waals surface area (Å²) in [6.45, 7) is 4.62. The highest BCUT2D eigenvalue weighted by Crippen LogP contribution is 2.32. The molecule has 0 saturated carbocycles. The number of unbranched alkanes of at least 4 members (excludes halogenated alkanes) is 50. The van der Waals surface area contributed by atoms with Gasteiger partial charge in [-0.1, -0.05) is 347 Å². The Morgan fingerprint density at radius 1 is 0.266 bits per heavy atom. The molecule has 0 bridgehead atoms. The summed E-state index contributed by atoms with van der Waals surface area (Å²) in [6.07, 6.45) is 76.1. The second kappa shape index (κ2) is 55.5. The van der Waals surface area contributed by atoms with Crippen molar-refractivity contribution < 1.29 is 0 Å². The minimum absolute atomic E-state index is 1.26. The van der Waals surface area contributed by atoms with Gasteiger partial charge >= 0.3 is 0 Å². The maximum Gasteiger partial charge on any atom is 0.0287 e. The molecule has 0 aliphatic heterocycles. The normalized spacial score (nSPS) is 11.7. The fourth-order valence-electron chi connectivity index (χ4n) is 9.82. The van der Waals surface area contributed by atoms with E-state index in [1.54, 1.807) is 0 Å². The van der Waals surface area contributed by atoms with E-state index in [4.69, 9.17) is 0 Å². The van der Waals surface area contributed by atoms with E-state index < -0.39 is 0 Å². The van der Waals surface area contributed by atoms with Crippen molar-refractivity contribution >= 4 is 23.5 Å². The molecule has 0 amide bonds. The van der Waals surface area contributed by atoms with Gasteiger partial charge in [0.2, 0.25) is 0 Å². The van der Waals surface area contributed by atoms with Crippen LogP contribution in [0.2, 0.25) is 0 Å². The van der Waals surface area contributed by atoms with Crippen molar-refractivity contribution in [3.05, 3.63) is 24.3 Å². The Morgan fingerprint density at radius 3 is 0.703 bits per heavy atom. The molecule has 2 heteroatoms. The van der Waals surface area contributed by atoms with E-state index in [-0.39, 0.29) is 0 Å². The number of hydrogen-bond acceptors (Lipinski definition) is 2. The predicted octanol–water partition coefficient (Wildman–Crippen LogP) is 24.0. The monoisotopic (exact) mass is 926 g/mol. The average Bonchev–Trinajstić information content (AvgIpc) is 3.31. The van der Waals surface area contributed by atoms with Gasteiger partial charge in [-0.15, -0.1) is 23.5 Å². The second-order valence-electron chi connectivity index (χ2n) is 20.7. The molecule has 64 heavy (non-hydrogen) atoms. The summed E-state index contributed by atoms with van der Waals surface area (Å²) in [6, 6.07) is 10.2. The lowest BCUT2D eigenvalue weighted by atomic mass is 10.0. The molecule has 1 aromatic rings. The van der Waals surface area contributed by atoms with Crippen molar-refractivity contribution in [1.82, 2.24) is 0 Å². The molecule has 0 aliphatic carbocycles. The summed E-state index contributed by atoms with van der Waals surface area (Å²) in [4.78, 5) is 2.88. The first kappa shape index (κ1) is 61.9. The van der Waals surface area contributed by atoms with Crippen LogP contribution < -0.4 is 0 Å². The molecule has 0 heterocycles. The standard InChI is InChI=1S/C62H117S2/c1-3-5-7-9-11-13-15-17-19-21-23-25-27-29-31-33-35-37-39-41-43-45-47-49-51-55-59-63-61-57-53-54-58-62(61)64-60-56-52-50-48-46-44-42-40-38-36-34-32-30-28-26-24-22-20-18-16-14-12-10-8-6-4-2/h53-54,57H,3-52,55-56,59-60H2,1-2H3. The van der Waals surface area contributed by atoms with E-state index in [1.165, 1.54) is 355 Å². The van der Waals surface area contributed by atoms with Crippen LogP contribution in [-0.2, 0) is 0 Å². The Kier molecular flexibility index (Phi) is 53.7. The van der Waals surface area contributed by atoms with Gasteiger partial charge in [0.1, 0.15) is 0 Å². The Morgan fingerprint density at radius 2 is 0.469 bits per heavy atom. The fourth-order valence-corrected chi connectivity index (χ4v) is 12.0. The minimum Gasteiger partial charge on any atom is -0.125 e. The van der Waals surface area contributed by atoms with Crippen molar-refractivity contribution in [3.8, 4) is 0 Å². The van der Waals surface area contributed by atoms with Gasteiger partial charge in [0.15, 0.2) is 0 Å². The maximum absolute atomic E-state index is 3.57. The van der Waals surface area contributed by atoms with Crippen LogP contribution in [-0.4, -0.2) is 11.5 Å². The van der Waals surface area contributed by atoms with Crippen LogP contribution in [0.5, 0.6) is 0 Å². The topological polar surface area (TPSA) is 0 Å². The van der Waals surface area contributed by atoms with Crippen molar-refractivity contribution in [3.63, 3.8) is 0 Å². The zero-order valence-electron chi connectivity index (χ0n) is 44.2.